The summed E-state index contributed by atoms with van der Waals surface area (Å²) in [6, 6.07) is 9.14. The lowest BCUT2D eigenvalue weighted by Gasteiger charge is -2.31. The fourth-order valence-electron chi connectivity index (χ4n) is 2.28. The van der Waals surface area contributed by atoms with Crippen molar-refractivity contribution in [2.45, 2.75) is 51.5 Å². The van der Waals surface area contributed by atoms with Crippen LogP contribution in [0.1, 0.15) is 57.2 Å². The molecule has 0 amide bonds. The fourth-order valence-corrected chi connectivity index (χ4v) is 2.28. The van der Waals surface area contributed by atoms with Crippen molar-refractivity contribution >= 4 is 0 Å². The lowest BCUT2D eigenvalue weighted by Crippen LogP contribution is -2.26. The van der Waals surface area contributed by atoms with Crippen LogP contribution in [0.3, 0.4) is 0 Å². The van der Waals surface area contributed by atoms with Crippen LogP contribution in [-0.4, -0.2) is 0 Å². The van der Waals surface area contributed by atoms with Crippen molar-refractivity contribution in [3.8, 4) is 0 Å². The van der Waals surface area contributed by atoms with Crippen LogP contribution in [0, 0.1) is 5.92 Å². The van der Waals surface area contributed by atoms with Crippen LogP contribution in [0.4, 0.5) is 0 Å². The molecule has 0 radical (unpaired) electrons. The van der Waals surface area contributed by atoms with E-state index in [9.17, 15) is 0 Å². The van der Waals surface area contributed by atoms with Crippen molar-refractivity contribution in [2.75, 3.05) is 0 Å². The Balaban J connectivity index is 2.12. The second kappa shape index (κ2) is 4.21. The van der Waals surface area contributed by atoms with Gasteiger partial charge >= 0.3 is 0 Å². The lowest BCUT2D eigenvalue weighted by atomic mass is 9.77. The highest BCUT2D eigenvalue weighted by molar-refractivity contribution is 5.29. The zero-order chi connectivity index (χ0) is 11.8. The summed E-state index contributed by atoms with van der Waals surface area (Å²) in [7, 11) is 0. The largest absolute Gasteiger partial charge is 0.324 e. The summed E-state index contributed by atoms with van der Waals surface area (Å²) in [5.41, 5.74) is 9.18. The first-order valence-corrected chi connectivity index (χ1v) is 6.34. The van der Waals surface area contributed by atoms with E-state index in [0.717, 1.165) is 5.92 Å². The number of rotatable bonds is 2. The highest BCUT2D eigenvalue weighted by atomic mass is 14.7. The third kappa shape index (κ3) is 2.30. The summed E-state index contributed by atoms with van der Waals surface area (Å²) < 4.78 is 0. The minimum absolute atomic E-state index is 0.235. The zero-order valence-corrected chi connectivity index (χ0v) is 10.7. The molecule has 1 fully saturated rings. The molecule has 0 spiro atoms. The van der Waals surface area contributed by atoms with Crippen LogP contribution in [0.2, 0.25) is 0 Å². The van der Waals surface area contributed by atoms with Gasteiger partial charge in [-0.15, -0.1) is 0 Å². The van der Waals surface area contributed by atoms with Crippen LogP contribution in [-0.2, 0) is 5.41 Å². The van der Waals surface area contributed by atoms with Crippen molar-refractivity contribution in [3.05, 3.63) is 35.4 Å². The molecule has 0 heterocycles. The Morgan fingerprint density at radius 1 is 1.12 bits per heavy atom. The van der Waals surface area contributed by atoms with Crippen LogP contribution >= 0.6 is 0 Å². The van der Waals surface area contributed by atoms with Gasteiger partial charge in [-0.25, -0.2) is 0 Å². The normalized spacial score (nSPS) is 19.2. The quantitative estimate of drug-likeness (QED) is 0.801. The van der Waals surface area contributed by atoms with Crippen molar-refractivity contribution in [1.82, 2.24) is 0 Å². The average Bonchev–Trinajstić information content (AvgIpc) is 2.14. The first-order chi connectivity index (χ1) is 7.48. The predicted octanol–water partition coefficient (Wildman–Crippen LogP) is 3.78. The van der Waals surface area contributed by atoms with E-state index in [2.05, 4.69) is 45.0 Å². The van der Waals surface area contributed by atoms with E-state index in [4.69, 9.17) is 5.73 Å². The van der Waals surface area contributed by atoms with Gasteiger partial charge in [0.15, 0.2) is 0 Å². The van der Waals surface area contributed by atoms with E-state index in [1.807, 2.05) is 0 Å². The van der Waals surface area contributed by atoms with Gasteiger partial charge in [-0.3, -0.25) is 0 Å². The molecule has 0 saturated heterocycles. The van der Waals surface area contributed by atoms with Crippen molar-refractivity contribution in [3.63, 3.8) is 0 Å². The van der Waals surface area contributed by atoms with Crippen LogP contribution in [0.25, 0.3) is 0 Å². The zero-order valence-electron chi connectivity index (χ0n) is 10.7. The molecule has 1 saturated carbocycles. The standard InChI is InChI=1S/C15H23N/c1-15(2,3)13-9-7-12(8-10-13)14(16)11-5-4-6-11/h7-11,14H,4-6,16H2,1-3H3/t14-/m0/s1. The van der Waals surface area contributed by atoms with E-state index < -0.39 is 0 Å². The van der Waals surface area contributed by atoms with Crippen molar-refractivity contribution in [2.24, 2.45) is 11.7 Å². The van der Waals surface area contributed by atoms with Crippen molar-refractivity contribution in [1.29, 1.82) is 0 Å². The van der Waals surface area contributed by atoms with Gasteiger partial charge in [-0.2, -0.15) is 0 Å². The highest BCUT2D eigenvalue weighted by Crippen LogP contribution is 2.36. The molecular weight excluding hydrogens is 194 g/mol. The Labute approximate surface area is 99.0 Å². The fraction of sp³-hybridized carbons (Fsp3) is 0.600. The second-order valence-corrected chi connectivity index (χ2v) is 6.09. The first-order valence-electron chi connectivity index (χ1n) is 6.34. The molecule has 0 aliphatic heterocycles. The molecule has 0 aromatic heterocycles. The predicted molar refractivity (Wildman–Crippen MR) is 69.4 cm³/mol. The summed E-state index contributed by atoms with van der Waals surface area (Å²) in [5.74, 6) is 0.723. The van der Waals surface area contributed by atoms with Crippen molar-refractivity contribution < 1.29 is 0 Å². The highest BCUT2D eigenvalue weighted by Gasteiger charge is 2.25. The minimum Gasteiger partial charge on any atom is -0.324 e. The minimum atomic E-state index is 0.235. The third-order valence-electron chi connectivity index (χ3n) is 3.82. The summed E-state index contributed by atoms with van der Waals surface area (Å²) in [6.07, 6.45) is 3.98. The van der Waals surface area contributed by atoms with Gasteiger partial charge in [0, 0.05) is 6.04 Å². The molecular formula is C15H23N. The number of hydrogen-bond donors (Lipinski definition) is 1. The molecule has 16 heavy (non-hydrogen) atoms. The number of nitrogens with two attached hydrogens (primary N) is 1. The maximum Gasteiger partial charge on any atom is 0.0323 e. The molecule has 1 nitrogen and oxygen atoms in total. The summed E-state index contributed by atoms with van der Waals surface area (Å²) >= 11 is 0. The Hall–Kier alpha value is -0.820. The molecule has 2 N–H and O–H groups in total. The molecule has 0 unspecified atom stereocenters. The Kier molecular flexibility index (Phi) is 3.07. The maximum absolute atomic E-state index is 6.26. The van der Waals surface area contributed by atoms with Gasteiger partial charge in [0.1, 0.15) is 0 Å². The van der Waals surface area contributed by atoms with Crippen LogP contribution in [0.15, 0.2) is 24.3 Å². The molecule has 1 aromatic rings. The lowest BCUT2D eigenvalue weighted by molar-refractivity contribution is 0.264. The molecule has 1 aliphatic carbocycles. The third-order valence-corrected chi connectivity index (χ3v) is 3.82. The van der Waals surface area contributed by atoms with E-state index in [1.165, 1.54) is 30.4 Å². The maximum atomic E-state index is 6.26. The summed E-state index contributed by atoms with van der Waals surface area (Å²) in [5, 5.41) is 0. The van der Waals surface area contributed by atoms with Gasteiger partial charge in [0.2, 0.25) is 0 Å². The summed E-state index contributed by atoms with van der Waals surface area (Å²) in [4.78, 5) is 0. The smallest absolute Gasteiger partial charge is 0.0323 e. The SMILES string of the molecule is CC(C)(C)c1ccc([C@@H](N)C2CCC2)cc1. The Morgan fingerprint density at radius 2 is 1.69 bits per heavy atom. The second-order valence-electron chi connectivity index (χ2n) is 6.09. The Bertz CT molecular complexity index is 341. The molecule has 1 aromatic carbocycles. The Morgan fingerprint density at radius 3 is 2.06 bits per heavy atom. The number of benzene rings is 1. The van der Waals surface area contributed by atoms with Gasteiger partial charge < -0.3 is 5.73 Å². The van der Waals surface area contributed by atoms with Crippen LogP contribution < -0.4 is 5.73 Å². The molecule has 0 bridgehead atoms. The average molecular weight is 217 g/mol. The van der Waals surface area contributed by atoms with E-state index >= 15 is 0 Å². The van der Waals surface area contributed by atoms with E-state index in [1.54, 1.807) is 0 Å². The van der Waals surface area contributed by atoms with E-state index in [0.29, 0.717) is 0 Å². The monoisotopic (exact) mass is 217 g/mol. The molecule has 1 heteroatoms. The van der Waals surface area contributed by atoms with Crippen LogP contribution in [0.5, 0.6) is 0 Å². The number of hydrogen-bond acceptors (Lipinski definition) is 1. The van der Waals surface area contributed by atoms with Gasteiger partial charge in [0.25, 0.3) is 0 Å². The molecule has 2 rings (SSSR count). The first kappa shape index (κ1) is 11.7. The summed E-state index contributed by atoms with van der Waals surface area (Å²) in [6.45, 7) is 6.73. The molecule has 1 atom stereocenters. The van der Waals surface area contributed by atoms with Gasteiger partial charge in [-0.05, 0) is 35.3 Å². The molecule has 1 aliphatic rings. The topological polar surface area (TPSA) is 26.0 Å². The van der Waals surface area contributed by atoms with Gasteiger partial charge in [-0.1, -0.05) is 51.5 Å². The van der Waals surface area contributed by atoms with E-state index in [-0.39, 0.29) is 11.5 Å². The molecule has 88 valence electrons. The van der Waals surface area contributed by atoms with Gasteiger partial charge in [0.05, 0.1) is 0 Å².